The molecule has 2 aromatic rings. The maximum Gasteiger partial charge on any atom is 0.135 e. The van der Waals surface area contributed by atoms with Crippen LogP contribution in [0.3, 0.4) is 0 Å². The Morgan fingerprint density at radius 3 is 2.53 bits per heavy atom. The van der Waals surface area contributed by atoms with Gasteiger partial charge >= 0.3 is 0 Å². The molecule has 0 N–H and O–H groups in total. The normalized spacial score (nSPS) is 11.2. The first kappa shape index (κ1) is 11.3. The van der Waals surface area contributed by atoms with Gasteiger partial charge < -0.3 is 4.84 Å². The van der Waals surface area contributed by atoms with E-state index in [0.717, 1.165) is 17.0 Å². The fraction of sp³-hybridized carbons (Fsp3) is 0.143. The van der Waals surface area contributed by atoms with E-state index in [1.165, 1.54) is 0 Å². The summed E-state index contributed by atoms with van der Waals surface area (Å²) >= 11 is 0. The molecule has 0 radical (unpaired) electrons. The molecule has 0 aliphatic heterocycles. The summed E-state index contributed by atoms with van der Waals surface area (Å²) < 4.78 is 0. The quantitative estimate of drug-likeness (QED) is 0.593. The van der Waals surface area contributed by atoms with Crippen molar-refractivity contribution in [2.45, 2.75) is 6.92 Å². The zero-order valence-corrected chi connectivity index (χ0v) is 9.71. The van der Waals surface area contributed by atoms with E-state index in [2.05, 4.69) is 10.1 Å². The Labute approximate surface area is 101 Å². The smallest absolute Gasteiger partial charge is 0.135 e. The number of pyridine rings is 1. The van der Waals surface area contributed by atoms with Gasteiger partial charge in [0.1, 0.15) is 12.3 Å². The molecule has 0 saturated carbocycles. The van der Waals surface area contributed by atoms with Crippen LogP contribution in [0.5, 0.6) is 0 Å². The molecular formula is C14H14N2O. The third-order valence-electron chi connectivity index (χ3n) is 2.24. The van der Waals surface area contributed by atoms with E-state index in [4.69, 9.17) is 4.84 Å². The molecule has 17 heavy (non-hydrogen) atoms. The fourth-order valence-corrected chi connectivity index (χ4v) is 1.48. The van der Waals surface area contributed by atoms with Gasteiger partial charge in [-0.25, -0.2) is 0 Å². The Bertz CT molecular complexity index is 439. The molecule has 0 saturated heterocycles. The summed E-state index contributed by atoms with van der Waals surface area (Å²) in [5.41, 5.74) is 2.57. The molecular weight excluding hydrogens is 212 g/mol. The molecule has 1 aromatic carbocycles. The minimum absolute atomic E-state index is 0.545. The van der Waals surface area contributed by atoms with Crippen molar-refractivity contribution in [2.75, 3.05) is 6.61 Å². The molecule has 3 nitrogen and oxygen atoms in total. The van der Waals surface area contributed by atoms with E-state index in [1.807, 2.05) is 55.5 Å². The predicted octanol–water partition coefficient (Wildman–Crippen LogP) is 2.87. The lowest BCUT2D eigenvalue weighted by molar-refractivity contribution is 0.159. The van der Waals surface area contributed by atoms with Crippen molar-refractivity contribution >= 4 is 5.71 Å². The van der Waals surface area contributed by atoms with E-state index in [-0.39, 0.29) is 0 Å². The first-order chi connectivity index (χ1) is 8.42. The first-order valence-electron chi connectivity index (χ1n) is 5.58. The lowest BCUT2D eigenvalue weighted by atomic mass is 10.1. The molecule has 0 aliphatic carbocycles. The Kier molecular flexibility index (Phi) is 3.86. The van der Waals surface area contributed by atoms with Gasteiger partial charge in [0.15, 0.2) is 0 Å². The molecule has 2 rings (SSSR count). The second kappa shape index (κ2) is 5.80. The molecule has 1 heterocycles. The number of aromatic nitrogens is 1. The van der Waals surface area contributed by atoms with Crippen LogP contribution in [0, 0.1) is 0 Å². The van der Waals surface area contributed by atoms with Gasteiger partial charge in [0.05, 0.1) is 5.69 Å². The Morgan fingerprint density at radius 1 is 1.12 bits per heavy atom. The maximum absolute atomic E-state index is 5.15. The third kappa shape index (κ3) is 2.91. The molecule has 0 aliphatic rings. The zero-order valence-electron chi connectivity index (χ0n) is 9.71. The molecule has 0 atom stereocenters. The van der Waals surface area contributed by atoms with E-state index < -0.39 is 0 Å². The zero-order chi connectivity index (χ0) is 11.9. The van der Waals surface area contributed by atoms with Crippen molar-refractivity contribution < 1.29 is 4.84 Å². The Balaban J connectivity index is 2.40. The first-order valence-corrected chi connectivity index (χ1v) is 5.58. The van der Waals surface area contributed by atoms with Gasteiger partial charge in [-0.05, 0) is 19.1 Å². The standard InChI is InChI=1S/C14H14N2O/c1-2-17-16-14(12-8-4-3-5-9-12)13-10-6-7-11-15-13/h3-11H,2H2,1H3/b16-14-. The number of hydrogen-bond acceptors (Lipinski definition) is 3. The second-order valence-corrected chi connectivity index (χ2v) is 3.44. The molecule has 1 aromatic heterocycles. The molecule has 0 unspecified atom stereocenters. The van der Waals surface area contributed by atoms with E-state index in [1.54, 1.807) is 6.20 Å². The highest BCUT2D eigenvalue weighted by Gasteiger charge is 2.07. The van der Waals surface area contributed by atoms with Gasteiger partial charge in [-0.2, -0.15) is 0 Å². The van der Waals surface area contributed by atoms with Crippen LogP contribution in [-0.4, -0.2) is 17.3 Å². The highest BCUT2D eigenvalue weighted by Crippen LogP contribution is 2.08. The lowest BCUT2D eigenvalue weighted by Gasteiger charge is -2.05. The molecule has 0 spiro atoms. The third-order valence-corrected chi connectivity index (χ3v) is 2.24. The molecule has 0 bridgehead atoms. The van der Waals surface area contributed by atoms with Gasteiger partial charge in [-0.1, -0.05) is 41.6 Å². The number of oxime groups is 1. The van der Waals surface area contributed by atoms with Crippen molar-refractivity contribution in [3.63, 3.8) is 0 Å². The summed E-state index contributed by atoms with van der Waals surface area (Å²) in [5.74, 6) is 0. The van der Waals surface area contributed by atoms with Crippen LogP contribution in [0.4, 0.5) is 0 Å². The Hall–Kier alpha value is -2.16. The SMILES string of the molecule is CCO/N=C(/c1ccccc1)c1ccccn1. The van der Waals surface area contributed by atoms with Crippen LogP contribution in [0.2, 0.25) is 0 Å². The van der Waals surface area contributed by atoms with Gasteiger partial charge in [0.2, 0.25) is 0 Å². The van der Waals surface area contributed by atoms with Gasteiger partial charge in [-0.3, -0.25) is 4.98 Å². The summed E-state index contributed by atoms with van der Waals surface area (Å²) in [4.78, 5) is 9.45. The summed E-state index contributed by atoms with van der Waals surface area (Å²) in [6.07, 6.45) is 1.75. The van der Waals surface area contributed by atoms with Crippen LogP contribution in [0.15, 0.2) is 59.9 Å². The van der Waals surface area contributed by atoms with E-state index in [0.29, 0.717) is 6.61 Å². The van der Waals surface area contributed by atoms with Crippen LogP contribution in [0.25, 0.3) is 0 Å². The highest BCUT2D eigenvalue weighted by molar-refractivity contribution is 6.11. The van der Waals surface area contributed by atoms with Crippen molar-refractivity contribution in [3.05, 3.63) is 66.0 Å². The van der Waals surface area contributed by atoms with Crippen LogP contribution in [-0.2, 0) is 4.84 Å². The highest BCUT2D eigenvalue weighted by atomic mass is 16.6. The summed E-state index contributed by atoms with van der Waals surface area (Å²) in [6.45, 7) is 2.45. The van der Waals surface area contributed by atoms with Crippen LogP contribution >= 0.6 is 0 Å². The minimum Gasteiger partial charge on any atom is -0.396 e. The average molecular weight is 226 g/mol. The minimum atomic E-state index is 0.545. The number of rotatable bonds is 4. The molecule has 0 fully saturated rings. The monoisotopic (exact) mass is 226 g/mol. The summed E-state index contributed by atoms with van der Waals surface area (Å²) in [5, 5.41) is 4.14. The number of hydrogen-bond donors (Lipinski definition) is 0. The molecule has 3 heteroatoms. The maximum atomic E-state index is 5.15. The number of nitrogens with zero attached hydrogens (tertiary/aromatic N) is 2. The topological polar surface area (TPSA) is 34.5 Å². The van der Waals surface area contributed by atoms with Gasteiger partial charge in [0.25, 0.3) is 0 Å². The van der Waals surface area contributed by atoms with Crippen LogP contribution in [0.1, 0.15) is 18.2 Å². The summed E-state index contributed by atoms with van der Waals surface area (Å²) in [6, 6.07) is 15.6. The molecule has 86 valence electrons. The average Bonchev–Trinajstić information content (AvgIpc) is 2.42. The predicted molar refractivity (Wildman–Crippen MR) is 67.9 cm³/mol. The van der Waals surface area contributed by atoms with Crippen molar-refractivity contribution in [2.24, 2.45) is 5.16 Å². The van der Waals surface area contributed by atoms with Crippen LogP contribution < -0.4 is 0 Å². The fourth-order valence-electron chi connectivity index (χ4n) is 1.48. The van der Waals surface area contributed by atoms with Crippen molar-refractivity contribution in [1.82, 2.24) is 4.98 Å². The van der Waals surface area contributed by atoms with E-state index >= 15 is 0 Å². The largest absolute Gasteiger partial charge is 0.396 e. The van der Waals surface area contributed by atoms with Gasteiger partial charge in [0, 0.05) is 11.8 Å². The van der Waals surface area contributed by atoms with Crippen molar-refractivity contribution in [1.29, 1.82) is 0 Å². The lowest BCUT2D eigenvalue weighted by Crippen LogP contribution is -2.06. The summed E-state index contributed by atoms with van der Waals surface area (Å²) in [7, 11) is 0. The molecule has 0 amide bonds. The van der Waals surface area contributed by atoms with E-state index in [9.17, 15) is 0 Å². The number of benzene rings is 1. The van der Waals surface area contributed by atoms with Crippen molar-refractivity contribution in [3.8, 4) is 0 Å². The second-order valence-electron chi connectivity index (χ2n) is 3.44. The Morgan fingerprint density at radius 2 is 1.88 bits per heavy atom. The van der Waals surface area contributed by atoms with Gasteiger partial charge in [-0.15, -0.1) is 0 Å².